The lowest BCUT2D eigenvalue weighted by molar-refractivity contribution is -0.121. The zero-order valence-corrected chi connectivity index (χ0v) is 16.4. The van der Waals surface area contributed by atoms with Gasteiger partial charge in [0.1, 0.15) is 11.6 Å². The Balaban J connectivity index is 1.64. The molecule has 3 N–H and O–H groups in total. The van der Waals surface area contributed by atoms with Gasteiger partial charge in [-0.1, -0.05) is 36.4 Å². The summed E-state index contributed by atoms with van der Waals surface area (Å²) in [7, 11) is 0. The van der Waals surface area contributed by atoms with Crippen molar-refractivity contribution in [2.24, 2.45) is 0 Å². The third-order valence-corrected chi connectivity index (χ3v) is 4.98. The minimum Gasteiger partial charge on any atom is -0.361 e. The second-order valence-electron chi connectivity index (χ2n) is 7.21. The molecule has 4 aromatic rings. The van der Waals surface area contributed by atoms with Crippen molar-refractivity contribution in [1.82, 2.24) is 20.3 Å². The molecular formula is C23H21FN4O2. The van der Waals surface area contributed by atoms with Gasteiger partial charge in [-0.15, -0.1) is 0 Å². The highest BCUT2D eigenvalue weighted by Gasteiger charge is 2.20. The van der Waals surface area contributed by atoms with Crippen molar-refractivity contribution in [2.45, 2.75) is 25.8 Å². The molecule has 4 rings (SSSR count). The van der Waals surface area contributed by atoms with Crippen LogP contribution in [0.1, 0.15) is 28.7 Å². The van der Waals surface area contributed by atoms with Crippen LogP contribution in [0.5, 0.6) is 0 Å². The van der Waals surface area contributed by atoms with Gasteiger partial charge in [-0.25, -0.2) is 9.37 Å². The summed E-state index contributed by atoms with van der Waals surface area (Å²) in [6.07, 6.45) is 2.23. The van der Waals surface area contributed by atoms with Gasteiger partial charge in [-0.3, -0.25) is 9.59 Å². The van der Waals surface area contributed by atoms with E-state index in [2.05, 4.69) is 20.3 Å². The van der Waals surface area contributed by atoms with Crippen LogP contribution in [0.4, 0.5) is 4.39 Å². The molecule has 0 spiro atoms. The van der Waals surface area contributed by atoms with E-state index in [1.165, 1.54) is 12.1 Å². The van der Waals surface area contributed by atoms with Crippen molar-refractivity contribution in [3.05, 3.63) is 99.6 Å². The lowest BCUT2D eigenvalue weighted by atomic mass is 10.0. The summed E-state index contributed by atoms with van der Waals surface area (Å²) < 4.78 is 14.0. The number of aryl methyl sites for hydroxylation is 1. The average molecular weight is 404 g/mol. The molecule has 2 aromatic carbocycles. The van der Waals surface area contributed by atoms with Crippen LogP contribution in [0.25, 0.3) is 10.9 Å². The fourth-order valence-corrected chi connectivity index (χ4v) is 3.59. The highest BCUT2D eigenvalue weighted by Crippen LogP contribution is 2.23. The predicted molar refractivity (Wildman–Crippen MR) is 113 cm³/mol. The van der Waals surface area contributed by atoms with Crippen molar-refractivity contribution in [3.63, 3.8) is 0 Å². The summed E-state index contributed by atoms with van der Waals surface area (Å²) in [5.41, 5.74) is 2.46. The third-order valence-electron chi connectivity index (χ3n) is 4.98. The van der Waals surface area contributed by atoms with Crippen molar-refractivity contribution >= 4 is 16.8 Å². The quantitative estimate of drug-likeness (QED) is 0.460. The maximum atomic E-state index is 14.0. The number of aromatic amines is 2. The average Bonchev–Trinajstić information content (AvgIpc) is 3.11. The molecule has 0 aliphatic heterocycles. The summed E-state index contributed by atoms with van der Waals surface area (Å²) in [5, 5.41) is 3.97. The molecule has 0 saturated heterocycles. The van der Waals surface area contributed by atoms with E-state index in [-0.39, 0.29) is 17.9 Å². The topological polar surface area (TPSA) is 90.6 Å². The highest BCUT2D eigenvalue weighted by molar-refractivity contribution is 5.83. The van der Waals surface area contributed by atoms with Gasteiger partial charge >= 0.3 is 0 Å². The number of amides is 1. The van der Waals surface area contributed by atoms with Crippen LogP contribution in [-0.2, 0) is 17.6 Å². The normalized spacial score (nSPS) is 12.1. The fourth-order valence-electron chi connectivity index (χ4n) is 3.59. The standard InChI is InChI=1S/C23H21FN4O2/c1-14-26-21(12-23(30)27-14)20(10-16-13-25-19-9-5-3-7-17(16)19)28-22(29)11-15-6-2-4-8-18(15)24/h2-9,12-13,20,25H,10-11H2,1H3,(H,28,29)(H,26,27,30)/t20-/m0/s1. The number of hydrogen-bond acceptors (Lipinski definition) is 3. The van der Waals surface area contributed by atoms with Crippen LogP contribution in [0.2, 0.25) is 0 Å². The van der Waals surface area contributed by atoms with Crippen LogP contribution < -0.4 is 10.9 Å². The minimum atomic E-state index is -0.538. The number of rotatable bonds is 6. The first-order chi connectivity index (χ1) is 14.5. The number of aromatic nitrogens is 3. The number of nitrogens with zero attached hydrogens (tertiary/aromatic N) is 1. The van der Waals surface area contributed by atoms with Crippen LogP contribution in [0.15, 0.2) is 65.6 Å². The number of fused-ring (bicyclic) bond motifs is 1. The molecule has 0 saturated carbocycles. The first-order valence-electron chi connectivity index (χ1n) is 9.65. The Morgan fingerprint density at radius 2 is 1.90 bits per heavy atom. The smallest absolute Gasteiger partial charge is 0.251 e. The Bertz CT molecular complexity index is 1260. The lowest BCUT2D eigenvalue weighted by Crippen LogP contribution is -2.33. The maximum absolute atomic E-state index is 14.0. The Kier molecular flexibility index (Phi) is 5.43. The molecule has 0 fully saturated rings. The Morgan fingerprint density at radius 3 is 2.70 bits per heavy atom. The molecule has 0 unspecified atom stereocenters. The fraction of sp³-hybridized carbons (Fsp3) is 0.174. The summed E-state index contributed by atoms with van der Waals surface area (Å²) in [6, 6.07) is 14.9. The third kappa shape index (κ3) is 4.30. The number of carbonyl (C=O) groups excluding carboxylic acids is 1. The maximum Gasteiger partial charge on any atom is 0.251 e. The number of carbonyl (C=O) groups is 1. The molecule has 2 heterocycles. The molecule has 0 bridgehead atoms. The van der Waals surface area contributed by atoms with Crippen LogP contribution in [-0.4, -0.2) is 20.9 Å². The molecule has 30 heavy (non-hydrogen) atoms. The number of benzene rings is 2. The Labute approximate surface area is 172 Å². The van der Waals surface area contributed by atoms with Crippen LogP contribution in [0, 0.1) is 12.7 Å². The van der Waals surface area contributed by atoms with Gasteiger partial charge in [0.15, 0.2) is 0 Å². The lowest BCUT2D eigenvalue weighted by Gasteiger charge is -2.19. The molecule has 1 atom stereocenters. The largest absolute Gasteiger partial charge is 0.361 e. The van der Waals surface area contributed by atoms with E-state index >= 15 is 0 Å². The zero-order chi connectivity index (χ0) is 21.1. The first kappa shape index (κ1) is 19.6. The Hall–Kier alpha value is -3.74. The predicted octanol–water partition coefficient (Wildman–Crippen LogP) is 3.34. The monoisotopic (exact) mass is 404 g/mol. The van der Waals surface area contributed by atoms with Crippen LogP contribution >= 0.6 is 0 Å². The van der Waals surface area contributed by atoms with Crippen molar-refractivity contribution in [1.29, 1.82) is 0 Å². The summed E-state index contributed by atoms with van der Waals surface area (Å²) in [5.74, 6) is -0.305. The number of para-hydroxylation sites is 1. The molecule has 6 nitrogen and oxygen atoms in total. The van der Waals surface area contributed by atoms with E-state index in [1.54, 1.807) is 25.1 Å². The van der Waals surface area contributed by atoms with Gasteiger partial charge < -0.3 is 15.3 Å². The number of halogens is 1. The van der Waals surface area contributed by atoms with Gasteiger partial charge in [0, 0.05) is 29.6 Å². The van der Waals surface area contributed by atoms with Crippen molar-refractivity contribution < 1.29 is 9.18 Å². The van der Waals surface area contributed by atoms with Gasteiger partial charge in [0.25, 0.3) is 5.56 Å². The van der Waals surface area contributed by atoms with Gasteiger partial charge in [-0.2, -0.15) is 0 Å². The van der Waals surface area contributed by atoms with Gasteiger partial charge in [0.2, 0.25) is 5.91 Å². The van der Waals surface area contributed by atoms with Gasteiger partial charge in [-0.05, 0) is 30.2 Å². The minimum absolute atomic E-state index is 0.0980. The van der Waals surface area contributed by atoms with E-state index in [0.29, 0.717) is 23.5 Å². The van der Waals surface area contributed by atoms with E-state index in [0.717, 1.165) is 16.5 Å². The molecule has 2 aromatic heterocycles. The summed E-state index contributed by atoms with van der Waals surface area (Å²) in [4.78, 5) is 35.0. The molecule has 7 heteroatoms. The molecule has 0 radical (unpaired) electrons. The molecule has 0 aliphatic rings. The highest BCUT2D eigenvalue weighted by atomic mass is 19.1. The summed E-state index contributed by atoms with van der Waals surface area (Å²) >= 11 is 0. The van der Waals surface area contributed by atoms with Gasteiger partial charge in [0.05, 0.1) is 18.2 Å². The number of H-pyrrole nitrogens is 2. The first-order valence-corrected chi connectivity index (χ1v) is 9.65. The van der Waals surface area contributed by atoms with E-state index < -0.39 is 11.9 Å². The second-order valence-corrected chi connectivity index (χ2v) is 7.21. The number of nitrogens with one attached hydrogen (secondary N) is 3. The SMILES string of the molecule is Cc1nc([C@H](Cc2c[nH]c3ccccc23)NC(=O)Cc2ccccc2F)cc(=O)[nH]1. The van der Waals surface area contributed by atoms with Crippen LogP contribution in [0.3, 0.4) is 0 Å². The van der Waals surface area contributed by atoms with Crippen molar-refractivity contribution in [2.75, 3.05) is 0 Å². The van der Waals surface area contributed by atoms with E-state index in [1.807, 2.05) is 30.5 Å². The molecule has 1 amide bonds. The zero-order valence-electron chi connectivity index (χ0n) is 16.4. The molecule has 152 valence electrons. The summed E-state index contributed by atoms with van der Waals surface area (Å²) in [6.45, 7) is 1.69. The number of hydrogen-bond donors (Lipinski definition) is 3. The Morgan fingerprint density at radius 1 is 1.13 bits per heavy atom. The molecular weight excluding hydrogens is 383 g/mol. The van der Waals surface area contributed by atoms with E-state index in [4.69, 9.17) is 0 Å². The molecule has 0 aliphatic carbocycles. The van der Waals surface area contributed by atoms with Crippen molar-refractivity contribution in [3.8, 4) is 0 Å². The van der Waals surface area contributed by atoms with E-state index in [9.17, 15) is 14.0 Å². The second kappa shape index (κ2) is 8.32.